The van der Waals surface area contributed by atoms with Crippen molar-refractivity contribution >= 4 is 60.4 Å². The van der Waals surface area contributed by atoms with Crippen LogP contribution in [0.3, 0.4) is 0 Å². The number of halogens is 5. The van der Waals surface area contributed by atoms with Gasteiger partial charge < -0.3 is 15.3 Å². The summed E-state index contributed by atoms with van der Waals surface area (Å²) in [7, 11) is 0. The number of H-pyrrole nitrogens is 1. The first-order valence-electron chi connectivity index (χ1n) is 10.4. The summed E-state index contributed by atoms with van der Waals surface area (Å²) < 4.78 is 2.11. The first-order chi connectivity index (χ1) is 15.5. The maximum absolute atomic E-state index is 12.6. The number of hydrogen-bond donors (Lipinski definition) is 2. The Labute approximate surface area is 233 Å². The Balaban J connectivity index is 0.00000204. The molecule has 0 saturated carbocycles. The minimum atomic E-state index is -0.00417. The Bertz CT molecular complexity index is 1280. The topological polar surface area (TPSA) is 76.7 Å². The maximum Gasteiger partial charge on any atom is 0.185 e. The zero-order valence-electron chi connectivity index (χ0n) is 19.0. The molecule has 2 aromatic heterocycles. The monoisotopic (exact) mass is 574 g/mol. The molecule has 0 amide bonds. The van der Waals surface area contributed by atoms with Gasteiger partial charge in [-0.05, 0) is 42.2 Å². The summed E-state index contributed by atoms with van der Waals surface area (Å²) in [5.74, 6) is 0.770. The fourth-order valence-electron chi connectivity index (χ4n) is 3.77. The molecule has 188 valence electrons. The number of benzene rings is 2. The van der Waals surface area contributed by atoms with Gasteiger partial charge in [0.2, 0.25) is 0 Å². The molecule has 0 aliphatic rings. The van der Waals surface area contributed by atoms with Crippen LogP contribution in [-0.4, -0.2) is 14.5 Å². The molecule has 4 aromatic rings. The molecular weight excluding hydrogens is 550 g/mol. The third-order valence-corrected chi connectivity index (χ3v) is 6.42. The number of nitrogens with two attached hydrogens (primary N) is 1. The summed E-state index contributed by atoms with van der Waals surface area (Å²) in [6, 6.07) is 15.4. The molecule has 10 heteroatoms. The van der Waals surface area contributed by atoms with Crippen molar-refractivity contribution < 1.29 is 0 Å². The van der Waals surface area contributed by atoms with Gasteiger partial charge in [0, 0.05) is 46.5 Å². The average Bonchev–Trinajstić information content (AvgIpc) is 3.27. The van der Waals surface area contributed by atoms with Gasteiger partial charge in [-0.3, -0.25) is 4.79 Å². The molecule has 2 heterocycles. The van der Waals surface area contributed by atoms with Crippen LogP contribution in [0.15, 0.2) is 65.7 Å². The van der Waals surface area contributed by atoms with Gasteiger partial charge in [-0.15, -0.1) is 37.2 Å². The molecule has 35 heavy (non-hydrogen) atoms. The lowest BCUT2D eigenvalue weighted by Gasteiger charge is -2.15. The van der Waals surface area contributed by atoms with E-state index in [0.717, 1.165) is 41.3 Å². The molecule has 0 fully saturated rings. The van der Waals surface area contributed by atoms with Crippen LogP contribution in [-0.2, 0) is 25.9 Å². The van der Waals surface area contributed by atoms with Crippen molar-refractivity contribution in [3.63, 3.8) is 0 Å². The lowest BCUT2D eigenvalue weighted by atomic mass is 10.0. The normalized spacial score (nSPS) is 10.2. The van der Waals surface area contributed by atoms with Crippen molar-refractivity contribution in [2.24, 2.45) is 5.73 Å². The lowest BCUT2D eigenvalue weighted by Crippen LogP contribution is -2.18. The maximum atomic E-state index is 12.6. The second-order valence-electron chi connectivity index (χ2n) is 7.71. The van der Waals surface area contributed by atoms with Crippen LogP contribution in [0.1, 0.15) is 28.2 Å². The van der Waals surface area contributed by atoms with Gasteiger partial charge in [0.05, 0.1) is 18.4 Å². The fraction of sp³-hybridized carbons (Fsp3) is 0.200. The van der Waals surface area contributed by atoms with E-state index < -0.39 is 0 Å². The van der Waals surface area contributed by atoms with Gasteiger partial charge in [-0.25, -0.2) is 4.98 Å². The minimum absolute atomic E-state index is 0. The number of aromatic nitrogens is 3. The second kappa shape index (κ2) is 13.9. The predicted octanol–water partition coefficient (Wildman–Crippen LogP) is 6.41. The Morgan fingerprint density at radius 1 is 0.971 bits per heavy atom. The smallest absolute Gasteiger partial charge is 0.185 e. The van der Waals surface area contributed by atoms with Gasteiger partial charge in [0.15, 0.2) is 5.43 Å². The molecule has 4 rings (SSSR count). The van der Waals surface area contributed by atoms with E-state index in [1.54, 1.807) is 30.5 Å². The van der Waals surface area contributed by atoms with Crippen molar-refractivity contribution in [3.05, 3.63) is 109 Å². The van der Waals surface area contributed by atoms with Crippen LogP contribution in [0.2, 0.25) is 10.0 Å². The largest absolute Gasteiger partial charge is 0.351 e. The van der Waals surface area contributed by atoms with Gasteiger partial charge >= 0.3 is 0 Å². The molecular formula is C25H27Cl5N4O. The van der Waals surface area contributed by atoms with E-state index in [0.29, 0.717) is 28.6 Å². The number of aryl methyl sites for hydroxylation is 2. The highest BCUT2D eigenvalue weighted by Crippen LogP contribution is 2.27. The van der Waals surface area contributed by atoms with E-state index in [4.69, 9.17) is 28.9 Å². The molecule has 0 aliphatic heterocycles. The summed E-state index contributed by atoms with van der Waals surface area (Å²) in [6.45, 7) is 3.12. The second-order valence-corrected chi connectivity index (χ2v) is 8.52. The van der Waals surface area contributed by atoms with Crippen molar-refractivity contribution in [2.75, 3.05) is 0 Å². The van der Waals surface area contributed by atoms with E-state index >= 15 is 0 Å². The third-order valence-electron chi connectivity index (χ3n) is 5.71. The number of imidazole rings is 1. The first kappa shape index (κ1) is 31.0. The molecule has 2 aromatic carbocycles. The van der Waals surface area contributed by atoms with Crippen LogP contribution >= 0.6 is 60.4 Å². The highest BCUT2D eigenvalue weighted by molar-refractivity contribution is 6.36. The predicted molar refractivity (Wildman–Crippen MR) is 152 cm³/mol. The summed E-state index contributed by atoms with van der Waals surface area (Å²) in [6.07, 6.45) is 4.90. The molecule has 0 spiro atoms. The van der Waals surface area contributed by atoms with Crippen molar-refractivity contribution in [3.8, 4) is 11.3 Å². The molecule has 0 atom stereocenters. The van der Waals surface area contributed by atoms with Gasteiger partial charge in [-0.2, -0.15) is 0 Å². The zero-order chi connectivity index (χ0) is 22.7. The highest BCUT2D eigenvalue weighted by Gasteiger charge is 2.13. The quantitative estimate of drug-likeness (QED) is 0.267. The number of nitrogens with one attached hydrogen (secondary N) is 1. The Hall–Kier alpha value is -1.99. The molecule has 3 N–H and O–H groups in total. The summed E-state index contributed by atoms with van der Waals surface area (Å²) in [5, 5.41) is 1.14. The number of hydrogen-bond acceptors (Lipinski definition) is 3. The molecule has 0 radical (unpaired) electrons. The van der Waals surface area contributed by atoms with Crippen molar-refractivity contribution in [2.45, 2.75) is 32.9 Å². The van der Waals surface area contributed by atoms with Crippen LogP contribution in [0, 0.1) is 6.92 Å². The molecule has 0 saturated heterocycles. The number of nitrogens with zero attached hydrogens (tertiary/aromatic N) is 2. The minimum Gasteiger partial charge on any atom is -0.351 e. The van der Waals surface area contributed by atoms with E-state index in [2.05, 4.69) is 38.8 Å². The third kappa shape index (κ3) is 7.26. The Kier molecular flexibility index (Phi) is 12.4. The lowest BCUT2D eigenvalue weighted by molar-refractivity contribution is 0.662. The van der Waals surface area contributed by atoms with Gasteiger partial charge in [-0.1, -0.05) is 53.5 Å². The van der Waals surface area contributed by atoms with Gasteiger partial charge in [0.25, 0.3) is 0 Å². The van der Waals surface area contributed by atoms with Gasteiger partial charge in [0.1, 0.15) is 5.82 Å². The standard InChI is InChI=1S/C25H24Cl2N4O.3ClH/c1-16-19(13-20-21(26)3-2-4-22(20)27)24(32)10-12-31(16)11-9-17-5-7-18(8-6-17)23-15-29-25(14-28)30-23;;;/h2-8,10,12,15H,9,11,13-14,28H2,1H3,(H,29,30);3*1H. The molecule has 5 nitrogen and oxygen atoms in total. The molecule has 0 bridgehead atoms. The van der Waals surface area contributed by atoms with E-state index in [1.807, 2.05) is 13.1 Å². The van der Waals surface area contributed by atoms with E-state index in [9.17, 15) is 4.79 Å². The average molecular weight is 577 g/mol. The van der Waals surface area contributed by atoms with Crippen LogP contribution in [0.4, 0.5) is 0 Å². The zero-order valence-corrected chi connectivity index (χ0v) is 22.9. The van der Waals surface area contributed by atoms with Crippen LogP contribution in [0.5, 0.6) is 0 Å². The summed E-state index contributed by atoms with van der Waals surface area (Å²) in [5.41, 5.74) is 11.3. The first-order valence-corrected chi connectivity index (χ1v) is 11.2. The molecule has 0 aliphatic carbocycles. The fourth-order valence-corrected chi connectivity index (χ4v) is 4.30. The molecule has 0 unspecified atom stereocenters. The SMILES string of the molecule is Cc1c(Cc2c(Cl)cccc2Cl)c(=O)ccn1CCc1ccc(-c2cnc(CN)[nH]2)cc1.Cl.Cl.Cl. The Morgan fingerprint density at radius 3 is 2.23 bits per heavy atom. The number of rotatable bonds is 7. The summed E-state index contributed by atoms with van der Waals surface area (Å²) in [4.78, 5) is 20.0. The van der Waals surface area contributed by atoms with Crippen molar-refractivity contribution in [1.29, 1.82) is 0 Å². The van der Waals surface area contributed by atoms with E-state index in [-0.39, 0.29) is 42.6 Å². The van der Waals surface area contributed by atoms with Crippen LogP contribution in [0.25, 0.3) is 11.3 Å². The van der Waals surface area contributed by atoms with Crippen LogP contribution < -0.4 is 11.2 Å². The number of aromatic amines is 1. The van der Waals surface area contributed by atoms with E-state index in [1.165, 1.54) is 5.56 Å². The number of pyridine rings is 1. The highest BCUT2D eigenvalue weighted by atomic mass is 35.5. The van der Waals surface area contributed by atoms with Crippen molar-refractivity contribution in [1.82, 2.24) is 14.5 Å². The summed E-state index contributed by atoms with van der Waals surface area (Å²) >= 11 is 12.7. The Morgan fingerprint density at radius 2 is 1.63 bits per heavy atom.